The number of amides is 3. The Morgan fingerprint density at radius 2 is 2.07 bits per heavy atom. The first kappa shape index (κ1) is 20.7. The quantitative estimate of drug-likeness (QED) is 0.547. The molecule has 3 rings (SSSR count). The van der Waals surface area contributed by atoms with Crippen molar-refractivity contribution in [3.8, 4) is 0 Å². The third kappa shape index (κ3) is 4.52. The van der Waals surface area contributed by atoms with Gasteiger partial charge < -0.3 is 5.32 Å². The summed E-state index contributed by atoms with van der Waals surface area (Å²) in [7, 11) is 0. The van der Waals surface area contributed by atoms with Gasteiger partial charge in [-0.1, -0.05) is 31.9 Å². The zero-order valence-corrected chi connectivity index (χ0v) is 16.8. The van der Waals surface area contributed by atoms with Crippen molar-refractivity contribution in [3.05, 3.63) is 39.9 Å². The lowest BCUT2D eigenvalue weighted by atomic mass is 10.0. The van der Waals surface area contributed by atoms with Gasteiger partial charge in [-0.3, -0.25) is 29.1 Å². The van der Waals surface area contributed by atoms with Gasteiger partial charge in [0.15, 0.2) is 0 Å². The van der Waals surface area contributed by atoms with Crippen LogP contribution in [0, 0.1) is 6.92 Å². The van der Waals surface area contributed by atoms with Crippen molar-refractivity contribution >= 4 is 28.6 Å². The molecule has 154 valence electrons. The van der Waals surface area contributed by atoms with Crippen molar-refractivity contribution in [2.75, 3.05) is 0 Å². The Morgan fingerprint density at radius 3 is 2.79 bits per heavy atom. The molecule has 1 fully saturated rings. The second-order valence-electron chi connectivity index (χ2n) is 7.35. The van der Waals surface area contributed by atoms with Gasteiger partial charge in [0.2, 0.25) is 17.7 Å². The van der Waals surface area contributed by atoms with Crippen molar-refractivity contribution in [1.29, 1.82) is 0 Å². The Kier molecular flexibility index (Phi) is 6.41. The van der Waals surface area contributed by atoms with E-state index in [-0.39, 0.29) is 36.8 Å². The molecule has 8 nitrogen and oxygen atoms in total. The van der Waals surface area contributed by atoms with E-state index in [1.54, 1.807) is 25.1 Å². The molecule has 0 radical (unpaired) electrons. The van der Waals surface area contributed by atoms with Gasteiger partial charge in [0.05, 0.1) is 10.9 Å². The first-order valence-electron chi connectivity index (χ1n) is 10.0. The molecular formula is C21H26N4O4. The Bertz CT molecular complexity index is 1010. The van der Waals surface area contributed by atoms with Crippen molar-refractivity contribution in [1.82, 2.24) is 20.2 Å². The number of fused-ring (bicyclic) bond motifs is 1. The number of hydrogen-bond donors (Lipinski definition) is 2. The van der Waals surface area contributed by atoms with Crippen LogP contribution >= 0.6 is 0 Å². The summed E-state index contributed by atoms with van der Waals surface area (Å²) in [5, 5.41) is 5.54. The fraction of sp³-hybridized carbons (Fsp3) is 0.476. The van der Waals surface area contributed by atoms with E-state index < -0.39 is 11.9 Å². The number of carbonyl (C=O) groups is 3. The third-order valence-electron chi connectivity index (χ3n) is 5.20. The number of hydrogen-bond acceptors (Lipinski definition) is 5. The Morgan fingerprint density at radius 1 is 1.28 bits per heavy atom. The highest BCUT2D eigenvalue weighted by Gasteiger charge is 2.30. The summed E-state index contributed by atoms with van der Waals surface area (Å²) >= 11 is 0. The number of aromatic nitrogens is 2. The van der Waals surface area contributed by atoms with Crippen LogP contribution in [0.2, 0.25) is 0 Å². The molecule has 1 aromatic carbocycles. The molecule has 1 saturated heterocycles. The van der Waals surface area contributed by atoms with Crippen LogP contribution in [0.1, 0.15) is 62.9 Å². The average Bonchev–Trinajstić information content (AvgIpc) is 2.68. The number of nitrogens with zero attached hydrogens (tertiary/aromatic N) is 2. The summed E-state index contributed by atoms with van der Waals surface area (Å²) in [6.07, 6.45) is 3.77. The second kappa shape index (κ2) is 8.98. The van der Waals surface area contributed by atoms with Crippen molar-refractivity contribution in [2.45, 2.75) is 65.0 Å². The summed E-state index contributed by atoms with van der Waals surface area (Å²) < 4.78 is 1.36. The largest absolute Gasteiger partial charge is 0.352 e. The van der Waals surface area contributed by atoms with E-state index in [1.165, 1.54) is 4.57 Å². The van der Waals surface area contributed by atoms with Gasteiger partial charge in [-0.05, 0) is 31.4 Å². The maximum Gasteiger partial charge on any atom is 0.262 e. The predicted molar refractivity (Wildman–Crippen MR) is 108 cm³/mol. The number of piperidine rings is 1. The van der Waals surface area contributed by atoms with E-state index in [2.05, 4.69) is 22.5 Å². The fourth-order valence-corrected chi connectivity index (χ4v) is 3.68. The number of rotatable bonds is 7. The van der Waals surface area contributed by atoms with Gasteiger partial charge in [-0.15, -0.1) is 0 Å². The normalized spacial score (nSPS) is 16.7. The molecule has 1 aromatic heterocycles. The Labute approximate surface area is 168 Å². The average molecular weight is 398 g/mol. The minimum Gasteiger partial charge on any atom is -0.352 e. The van der Waals surface area contributed by atoms with E-state index in [0.29, 0.717) is 28.7 Å². The number of carbonyl (C=O) groups excluding carboxylic acids is 3. The molecule has 0 saturated carbocycles. The monoisotopic (exact) mass is 398 g/mol. The zero-order chi connectivity index (χ0) is 21.0. The summed E-state index contributed by atoms with van der Waals surface area (Å²) in [5.41, 5.74) is 0.844. The summed E-state index contributed by atoms with van der Waals surface area (Å²) in [5.74, 6) is -0.467. The molecule has 2 aromatic rings. The van der Waals surface area contributed by atoms with Crippen LogP contribution in [0.25, 0.3) is 10.9 Å². The molecule has 1 atom stereocenters. The summed E-state index contributed by atoms with van der Waals surface area (Å²) in [6.45, 7) is 3.97. The van der Waals surface area contributed by atoms with Crippen LogP contribution in [-0.2, 0) is 20.9 Å². The van der Waals surface area contributed by atoms with E-state index in [9.17, 15) is 19.2 Å². The van der Waals surface area contributed by atoms with Crippen LogP contribution in [0.15, 0.2) is 23.0 Å². The second-order valence-corrected chi connectivity index (χ2v) is 7.35. The Hall–Kier alpha value is -3.03. The van der Waals surface area contributed by atoms with Crippen LogP contribution in [-0.4, -0.2) is 27.3 Å². The van der Waals surface area contributed by atoms with Crippen LogP contribution in [0.4, 0.5) is 0 Å². The first-order valence-corrected chi connectivity index (χ1v) is 10.0. The van der Waals surface area contributed by atoms with Gasteiger partial charge in [-0.25, -0.2) is 4.98 Å². The minimum absolute atomic E-state index is 0.0546. The number of benzene rings is 1. The van der Waals surface area contributed by atoms with Crippen LogP contribution in [0.5, 0.6) is 0 Å². The molecule has 1 aliphatic heterocycles. The van der Waals surface area contributed by atoms with E-state index in [0.717, 1.165) is 19.3 Å². The highest BCUT2D eigenvalue weighted by atomic mass is 16.2. The zero-order valence-electron chi connectivity index (χ0n) is 16.8. The molecule has 0 bridgehead atoms. The topological polar surface area (TPSA) is 110 Å². The van der Waals surface area contributed by atoms with Gasteiger partial charge in [0, 0.05) is 19.4 Å². The first-order chi connectivity index (χ1) is 13.9. The number of imide groups is 1. The lowest BCUT2D eigenvalue weighted by Crippen LogP contribution is -2.45. The van der Waals surface area contributed by atoms with Crippen molar-refractivity contribution < 1.29 is 14.4 Å². The third-order valence-corrected chi connectivity index (χ3v) is 5.20. The minimum atomic E-state index is -0.770. The molecular weight excluding hydrogens is 372 g/mol. The molecule has 3 amide bonds. The van der Waals surface area contributed by atoms with Crippen molar-refractivity contribution in [3.63, 3.8) is 0 Å². The molecule has 1 aliphatic rings. The molecule has 1 unspecified atom stereocenters. The lowest BCUT2D eigenvalue weighted by molar-refractivity contribution is -0.135. The number of nitrogens with one attached hydrogen (secondary N) is 2. The van der Waals surface area contributed by atoms with Crippen LogP contribution < -0.4 is 16.2 Å². The molecule has 0 spiro atoms. The standard InChI is InChI=1S/C21H26N4O4/c1-3-4-5-9-17(26)22-12-14-7-6-8-15-19(14)21(29)25(13(2)23-15)16-10-11-18(27)24-20(16)28/h6-8,16H,3-5,9-12H2,1-2H3,(H,22,26)(H,24,27,28). The van der Waals surface area contributed by atoms with E-state index in [4.69, 9.17) is 0 Å². The highest BCUT2D eigenvalue weighted by molar-refractivity contribution is 5.99. The van der Waals surface area contributed by atoms with Gasteiger partial charge in [0.1, 0.15) is 11.9 Å². The number of unbranched alkanes of at least 4 members (excludes halogenated alkanes) is 2. The summed E-state index contributed by atoms with van der Waals surface area (Å²) in [6, 6.07) is 4.55. The molecule has 2 heterocycles. The smallest absolute Gasteiger partial charge is 0.262 e. The molecule has 29 heavy (non-hydrogen) atoms. The highest BCUT2D eigenvalue weighted by Crippen LogP contribution is 2.21. The molecule has 8 heteroatoms. The van der Waals surface area contributed by atoms with Crippen molar-refractivity contribution in [2.24, 2.45) is 0 Å². The Balaban J connectivity index is 1.92. The number of aryl methyl sites for hydroxylation is 1. The van der Waals surface area contributed by atoms with Gasteiger partial charge in [0.25, 0.3) is 5.56 Å². The molecule has 0 aliphatic carbocycles. The fourth-order valence-electron chi connectivity index (χ4n) is 3.68. The van der Waals surface area contributed by atoms with Crippen LogP contribution in [0.3, 0.4) is 0 Å². The SMILES string of the molecule is CCCCCC(=O)NCc1cccc2nc(C)n(C3CCC(=O)NC3=O)c(=O)c12. The van der Waals surface area contributed by atoms with Gasteiger partial charge in [-0.2, -0.15) is 0 Å². The van der Waals surface area contributed by atoms with E-state index >= 15 is 0 Å². The molecule has 2 N–H and O–H groups in total. The van der Waals surface area contributed by atoms with Gasteiger partial charge >= 0.3 is 0 Å². The van der Waals surface area contributed by atoms with E-state index in [1.807, 2.05) is 0 Å². The maximum absolute atomic E-state index is 13.3. The lowest BCUT2D eigenvalue weighted by Gasteiger charge is -2.24. The predicted octanol–water partition coefficient (Wildman–Crippen LogP) is 1.88. The summed E-state index contributed by atoms with van der Waals surface area (Å²) in [4.78, 5) is 53.6. The maximum atomic E-state index is 13.3.